The number of rotatable bonds is 5. The van der Waals surface area contributed by atoms with E-state index >= 15 is 0 Å². The molecule has 1 atom stereocenters. The Kier molecular flexibility index (Phi) is 4.87. The van der Waals surface area contributed by atoms with Crippen LogP contribution >= 0.6 is 0 Å². The van der Waals surface area contributed by atoms with Gasteiger partial charge < -0.3 is 0 Å². The molecule has 3 aromatic rings. The average Bonchev–Trinajstić information content (AvgIpc) is 2.58. The summed E-state index contributed by atoms with van der Waals surface area (Å²) >= 11 is 0. The maximum absolute atomic E-state index is 4.76. The van der Waals surface area contributed by atoms with Crippen LogP contribution < -0.4 is 0 Å². The molecule has 0 aliphatic heterocycles. The van der Waals surface area contributed by atoms with Gasteiger partial charge in [0.2, 0.25) is 0 Å². The quantitative estimate of drug-likeness (QED) is 0.519. The minimum absolute atomic E-state index is 0.193. The zero-order chi connectivity index (χ0) is 16.1. The Morgan fingerprint density at radius 2 is 1.74 bits per heavy atom. The second-order valence-corrected chi connectivity index (χ2v) is 6.10. The Labute approximate surface area is 138 Å². The van der Waals surface area contributed by atoms with E-state index in [1.54, 1.807) is 0 Å². The summed E-state index contributed by atoms with van der Waals surface area (Å²) in [5.41, 5.74) is 4.01. The molecule has 1 unspecified atom stereocenters. The van der Waals surface area contributed by atoms with Gasteiger partial charge in [0, 0.05) is 0 Å². The van der Waals surface area contributed by atoms with E-state index in [2.05, 4.69) is 86.8 Å². The predicted octanol–water partition coefficient (Wildman–Crippen LogP) is 5.91. The van der Waals surface area contributed by atoms with Gasteiger partial charge in [-0.15, -0.1) is 0 Å². The Balaban J connectivity index is 1.67. The molecule has 116 valence electrons. The van der Waals surface area contributed by atoms with E-state index < -0.39 is 0 Å². The standard InChI is InChI=1S/C22H23N/c1-17-8-5-9-19(16-17)10-7-15-23-18(2)21-14-6-12-20-11-3-4-13-22(20)21/h3-6,8-9,11-16,18H,7,10H2,1-2H3. The molecular weight excluding hydrogens is 278 g/mol. The van der Waals surface area contributed by atoms with Crippen LogP contribution in [0, 0.1) is 6.92 Å². The molecule has 0 N–H and O–H groups in total. The van der Waals surface area contributed by atoms with Crippen molar-refractivity contribution in [2.45, 2.75) is 32.7 Å². The lowest BCUT2D eigenvalue weighted by Gasteiger charge is -2.10. The largest absolute Gasteiger partial charge is 0.290 e. The minimum Gasteiger partial charge on any atom is -0.290 e. The van der Waals surface area contributed by atoms with Gasteiger partial charge in [-0.1, -0.05) is 72.3 Å². The molecule has 0 aromatic heterocycles. The van der Waals surface area contributed by atoms with Gasteiger partial charge in [0.25, 0.3) is 0 Å². The summed E-state index contributed by atoms with van der Waals surface area (Å²) in [4.78, 5) is 4.76. The van der Waals surface area contributed by atoms with E-state index in [1.807, 2.05) is 0 Å². The average molecular weight is 301 g/mol. The van der Waals surface area contributed by atoms with Crippen molar-refractivity contribution < 1.29 is 0 Å². The molecular formula is C22H23N. The molecule has 0 amide bonds. The monoisotopic (exact) mass is 301 g/mol. The molecule has 0 radical (unpaired) electrons. The molecule has 0 saturated heterocycles. The smallest absolute Gasteiger partial charge is 0.0722 e. The molecule has 0 aliphatic carbocycles. The Bertz CT molecular complexity index is 812. The van der Waals surface area contributed by atoms with E-state index in [-0.39, 0.29) is 6.04 Å². The molecule has 0 fully saturated rings. The van der Waals surface area contributed by atoms with Gasteiger partial charge in [-0.05, 0) is 54.8 Å². The molecule has 3 aromatic carbocycles. The van der Waals surface area contributed by atoms with Crippen LogP contribution in [0.15, 0.2) is 71.7 Å². The topological polar surface area (TPSA) is 12.4 Å². The highest BCUT2D eigenvalue weighted by molar-refractivity contribution is 5.86. The zero-order valence-corrected chi connectivity index (χ0v) is 13.9. The number of hydrogen-bond donors (Lipinski definition) is 0. The maximum Gasteiger partial charge on any atom is 0.0722 e. The Morgan fingerprint density at radius 1 is 0.957 bits per heavy atom. The first kappa shape index (κ1) is 15.5. The van der Waals surface area contributed by atoms with Crippen LogP contribution in [0.3, 0.4) is 0 Å². The second kappa shape index (κ2) is 7.23. The van der Waals surface area contributed by atoms with Gasteiger partial charge in [0.15, 0.2) is 0 Å². The highest BCUT2D eigenvalue weighted by Crippen LogP contribution is 2.26. The fraction of sp³-hybridized carbons (Fsp3) is 0.227. The van der Waals surface area contributed by atoms with Gasteiger partial charge in [-0.2, -0.15) is 0 Å². The third-order valence-electron chi connectivity index (χ3n) is 4.25. The molecule has 1 heteroatoms. The van der Waals surface area contributed by atoms with Crippen molar-refractivity contribution in [3.8, 4) is 0 Å². The third-order valence-corrected chi connectivity index (χ3v) is 4.25. The van der Waals surface area contributed by atoms with Crippen molar-refractivity contribution in [1.82, 2.24) is 0 Å². The molecule has 3 rings (SSSR count). The zero-order valence-electron chi connectivity index (χ0n) is 13.9. The summed E-state index contributed by atoms with van der Waals surface area (Å²) in [5.74, 6) is 0. The lowest BCUT2D eigenvalue weighted by molar-refractivity contribution is 0.826. The molecule has 1 nitrogen and oxygen atoms in total. The molecule has 0 bridgehead atoms. The highest BCUT2D eigenvalue weighted by Gasteiger charge is 2.06. The number of aliphatic imine (C=N–C) groups is 1. The van der Waals surface area contributed by atoms with Crippen molar-refractivity contribution >= 4 is 17.0 Å². The van der Waals surface area contributed by atoms with Gasteiger partial charge in [0.1, 0.15) is 0 Å². The number of benzene rings is 3. The van der Waals surface area contributed by atoms with Crippen molar-refractivity contribution in [2.75, 3.05) is 0 Å². The Morgan fingerprint density at radius 3 is 2.61 bits per heavy atom. The number of nitrogens with zero attached hydrogens (tertiary/aromatic N) is 1. The van der Waals surface area contributed by atoms with Gasteiger partial charge in [-0.3, -0.25) is 4.99 Å². The second-order valence-electron chi connectivity index (χ2n) is 6.10. The maximum atomic E-state index is 4.76. The number of hydrogen-bond acceptors (Lipinski definition) is 1. The fourth-order valence-corrected chi connectivity index (χ4v) is 3.03. The fourth-order valence-electron chi connectivity index (χ4n) is 3.03. The van der Waals surface area contributed by atoms with Crippen LogP contribution in [0.5, 0.6) is 0 Å². The molecule has 0 saturated carbocycles. The summed E-state index contributed by atoms with van der Waals surface area (Å²) in [6.45, 7) is 4.31. The Hall–Kier alpha value is -2.41. The summed E-state index contributed by atoms with van der Waals surface area (Å²) in [6.07, 6.45) is 4.11. The lowest BCUT2D eigenvalue weighted by Crippen LogP contribution is -1.93. The van der Waals surface area contributed by atoms with E-state index in [1.165, 1.54) is 27.5 Å². The van der Waals surface area contributed by atoms with E-state index in [0.717, 1.165) is 12.8 Å². The van der Waals surface area contributed by atoms with Crippen molar-refractivity contribution in [2.24, 2.45) is 4.99 Å². The first-order chi connectivity index (χ1) is 11.2. The van der Waals surface area contributed by atoms with Crippen LogP contribution in [-0.4, -0.2) is 6.21 Å². The predicted molar refractivity (Wildman–Crippen MR) is 100 cm³/mol. The summed E-state index contributed by atoms with van der Waals surface area (Å²) in [7, 11) is 0. The van der Waals surface area contributed by atoms with Crippen LogP contribution in [-0.2, 0) is 6.42 Å². The first-order valence-electron chi connectivity index (χ1n) is 8.29. The van der Waals surface area contributed by atoms with Crippen molar-refractivity contribution in [1.29, 1.82) is 0 Å². The normalized spacial score (nSPS) is 12.8. The van der Waals surface area contributed by atoms with Gasteiger partial charge >= 0.3 is 0 Å². The highest BCUT2D eigenvalue weighted by atomic mass is 14.8. The van der Waals surface area contributed by atoms with Crippen LogP contribution in [0.4, 0.5) is 0 Å². The summed E-state index contributed by atoms with van der Waals surface area (Å²) in [5, 5.41) is 2.59. The number of aryl methyl sites for hydroxylation is 2. The summed E-state index contributed by atoms with van der Waals surface area (Å²) < 4.78 is 0. The molecule has 0 spiro atoms. The van der Waals surface area contributed by atoms with Crippen molar-refractivity contribution in [3.05, 3.63) is 83.4 Å². The first-order valence-corrected chi connectivity index (χ1v) is 8.29. The van der Waals surface area contributed by atoms with E-state index in [4.69, 9.17) is 4.99 Å². The molecule has 23 heavy (non-hydrogen) atoms. The van der Waals surface area contributed by atoms with Crippen LogP contribution in [0.25, 0.3) is 10.8 Å². The van der Waals surface area contributed by atoms with Crippen LogP contribution in [0.2, 0.25) is 0 Å². The van der Waals surface area contributed by atoms with E-state index in [0.29, 0.717) is 0 Å². The minimum atomic E-state index is 0.193. The summed E-state index contributed by atoms with van der Waals surface area (Å²) in [6, 6.07) is 23.9. The van der Waals surface area contributed by atoms with Gasteiger partial charge in [0.05, 0.1) is 6.04 Å². The van der Waals surface area contributed by atoms with Crippen molar-refractivity contribution in [3.63, 3.8) is 0 Å². The number of fused-ring (bicyclic) bond motifs is 1. The van der Waals surface area contributed by atoms with Gasteiger partial charge in [-0.25, -0.2) is 0 Å². The van der Waals surface area contributed by atoms with E-state index in [9.17, 15) is 0 Å². The SMILES string of the molecule is Cc1cccc(CCC=NC(C)c2cccc3ccccc23)c1. The molecule has 0 aliphatic rings. The third kappa shape index (κ3) is 3.87. The van der Waals surface area contributed by atoms with Crippen LogP contribution in [0.1, 0.15) is 36.1 Å². The molecule has 0 heterocycles. The lowest BCUT2D eigenvalue weighted by atomic mass is 10.00.